The molecule has 1 atom stereocenters. The fraction of sp³-hybridized carbons (Fsp3) is 0.500. The number of carbonyl (C=O) groups excluding carboxylic acids is 2. The molecular formula is C8H10O4. The monoisotopic (exact) mass is 170 g/mol. The lowest BCUT2D eigenvalue weighted by molar-refractivity contribution is -0.149. The summed E-state index contributed by atoms with van der Waals surface area (Å²) in [5, 5.41) is 0. The second-order valence-corrected chi connectivity index (χ2v) is 2.49. The third-order valence-corrected chi connectivity index (χ3v) is 1.66. The fourth-order valence-corrected chi connectivity index (χ4v) is 1.04. The van der Waals surface area contributed by atoms with E-state index in [0.717, 1.165) is 0 Å². The van der Waals surface area contributed by atoms with E-state index >= 15 is 0 Å². The maximum absolute atomic E-state index is 11.0. The summed E-state index contributed by atoms with van der Waals surface area (Å²) in [4.78, 5) is 21.7. The highest BCUT2D eigenvalue weighted by atomic mass is 16.6. The second-order valence-electron chi connectivity index (χ2n) is 2.49. The zero-order valence-electron chi connectivity index (χ0n) is 6.99. The zero-order valence-corrected chi connectivity index (χ0v) is 6.99. The Morgan fingerprint density at radius 1 is 1.75 bits per heavy atom. The zero-order chi connectivity index (χ0) is 9.14. The molecule has 4 heteroatoms. The molecule has 1 aliphatic heterocycles. The SMILES string of the molecule is COC(=O)C1=CCC(=O)OC1C. The van der Waals surface area contributed by atoms with E-state index < -0.39 is 12.1 Å². The molecule has 0 bridgehead atoms. The van der Waals surface area contributed by atoms with Crippen LogP contribution in [0.1, 0.15) is 13.3 Å². The van der Waals surface area contributed by atoms with E-state index in [1.807, 2.05) is 0 Å². The highest BCUT2D eigenvalue weighted by Crippen LogP contribution is 2.15. The first-order valence-corrected chi connectivity index (χ1v) is 3.63. The van der Waals surface area contributed by atoms with E-state index in [9.17, 15) is 9.59 Å². The molecule has 1 aliphatic rings. The minimum atomic E-state index is -0.487. The number of ether oxygens (including phenoxy) is 2. The molecule has 1 heterocycles. The molecule has 66 valence electrons. The number of carbonyl (C=O) groups is 2. The molecule has 0 amide bonds. The third kappa shape index (κ3) is 1.64. The van der Waals surface area contributed by atoms with E-state index in [0.29, 0.717) is 5.57 Å². The number of cyclic esters (lactones) is 1. The number of rotatable bonds is 1. The Bertz CT molecular complexity index is 241. The molecular weight excluding hydrogens is 160 g/mol. The molecule has 0 aliphatic carbocycles. The third-order valence-electron chi connectivity index (χ3n) is 1.66. The molecule has 0 aromatic rings. The van der Waals surface area contributed by atoms with Crippen molar-refractivity contribution in [2.75, 3.05) is 7.11 Å². The van der Waals surface area contributed by atoms with E-state index in [2.05, 4.69) is 4.74 Å². The highest BCUT2D eigenvalue weighted by molar-refractivity contribution is 5.92. The Hall–Kier alpha value is -1.32. The van der Waals surface area contributed by atoms with Crippen LogP contribution in [0.3, 0.4) is 0 Å². The summed E-state index contributed by atoms with van der Waals surface area (Å²) in [6, 6.07) is 0. The van der Waals surface area contributed by atoms with Gasteiger partial charge in [-0.2, -0.15) is 0 Å². The predicted molar refractivity (Wildman–Crippen MR) is 40.3 cm³/mol. The van der Waals surface area contributed by atoms with Gasteiger partial charge in [-0.1, -0.05) is 6.08 Å². The van der Waals surface area contributed by atoms with Crippen molar-refractivity contribution >= 4 is 11.9 Å². The van der Waals surface area contributed by atoms with Crippen LogP contribution in [0.4, 0.5) is 0 Å². The van der Waals surface area contributed by atoms with Crippen LogP contribution in [0.2, 0.25) is 0 Å². The van der Waals surface area contributed by atoms with Crippen molar-refractivity contribution in [3.8, 4) is 0 Å². The second kappa shape index (κ2) is 3.38. The number of esters is 2. The molecule has 12 heavy (non-hydrogen) atoms. The van der Waals surface area contributed by atoms with Gasteiger partial charge in [0.25, 0.3) is 0 Å². The smallest absolute Gasteiger partial charge is 0.337 e. The molecule has 4 nitrogen and oxygen atoms in total. The average molecular weight is 170 g/mol. The van der Waals surface area contributed by atoms with Crippen molar-refractivity contribution in [2.45, 2.75) is 19.4 Å². The molecule has 0 aromatic heterocycles. The predicted octanol–water partition coefficient (Wildman–Crippen LogP) is 0.421. The molecule has 0 saturated heterocycles. The molecule has 0 spiro atoms. The number of methoxy groups -OCH3 is 1. The van der Waals surface area contributed by atoms with Crippen LogP contribution in [0.25, 0.3) is 0 Å². The standard InChI is InChI=1S/C8H10O4/c1-5-6(8(10)11-2)3-4-7(9)12-5/h3,5H,4H2,1-2H3. The van der Waals surface area contributed by atoms with Crippen LogP contribution in [-0.2, 0) is 19.1 Å². The lowest BCUT2D eigenvalue weighted by Crippen LogP contribution is -2.26. The highest BCUT2D eigenvalue weighted by Gasteiger charge is 2.24. The van der Waals surface area contributed by atoms with Gasteiger partial charge in [-0.15, -0.1) is 0 Å². The van der Waals surface area contributed by atoms with Crippen LogP contribution < -0.4 is 0 Å². The van der Waals surface area contributed by atoms with Crippen molar-refractivity contribution in [3.05, 3.63) is 11.6 Å². The van der Waals surface area contributed by atoms with Crippen LogP contribution in [0.15, 0.2) is 11.6 Å². The average Bonchev–Trinajstić information content (AvgIpc) is 2.03. The van der Waals surface area contributed by atoms with Gasteiger partial charge in [-0.05, 0) is 6.92 Å². The van der Waals surface area contributed by atoms with Gasteiger partial charge in [0.15, 0.2) is 0 Å². The van der Waals surface area contributed by atoms with Gasteiger partial charge in [0.2, 0.25) is 0 Å². The largest absolute Gasteiger partial charge is 0.466 e. The minimum Gasteiger partial charge on any atom is -0.466 e. The summed E-state index contributed by atoms with van der Waals surface area (Å²) < 4.78 is 9.31. The van der Waals surface area contributed by atoms with Gasteiger partial charge in [0.1, 0.15) is 6.10 Å². The van der Waals surface area contributed by atoms with Crippen LogP contribution >= 0.6 is 0 Å². The molecule has 1 rings (SSSR count). The van der Waals surface area contributed by atoms with Gasteiger partial charge in [0.05, 0.1) is 19.1 Å². The Kier molecular flexibility index (Phi) is 2.47. The normalized spacial score (nSPS) is 22.7. The van der Waals surface area contributed by atoms with Crippen molar-refractivity contribution in [1.29, 1.82) is 0 Å². The summed E-state index contributed by atoms with van der Waals surface area (Å²) >= 11 is 0. The van der Waals surface area contributed by atoms with Crippen molar-refractivity contribution in [2.24, 2.45) is 0 Å². The quantitative estimate of drug-likeness (QED) is 0.535. The van der Waals surface area contributed by atoms with Gasteiger partial charge in [-0.3, -0.25) is 4.79 Å². The van der Waals surface area contributed by atoms with Gasteiger partial charge in [0, 0.05) is 0 Å². The van der Waals surface area contributed by atoms with Gasteiger partial charge >= 0.3 is 11.9 Å². The lowest BCUT2D eigenvalue weighted by Gasteiger charge is -2.18. The Balaban J connectivity index is 2.77. The maximum Gasteiger partial charge on any atom is 0.337 e. The Labute approximate surface area is 70.1 Å². The first-order valence-electron chi connectivity index (χ1n) is 3.63. The summed E-state index contributed by atoms with van der Waals surface area (Å²) in [7, 11) is 1.30. The summed E-state index contributed by atoms with van der Waals surface area (Å²) in [5.41, 5.74) is 0.414. The van der Waals surface area contributed by atoms with E-state index in [1.165, 1.54) is 7.11 Å². The minimum absolute atomic E-state index is 0.148. The van der Waals surface area contributed by atoms with Crippen molar-refractivity contribution < 1.29 is 19.1 Å². The maximum atomic E-state index is 11.0. The van der Waals surface area contributed by atoms with Crippen molar-refractivity contribution in [3.63, 3.8) is 0 Å². The summed E-state index contributed by atoms with van der Waals surface area (Å²) in [5.74, 6) is -0.745. The lowest BCUT2D eigenvalue weighted by atomic mass is 10.1. The Morgan fingerprint density at radius 3 is 2.92 bits per heavy atom. The van der Waals surface area contributed by atoms with Crippen LogP contribution in [-0.4, -0.2) is 25.2 Å². The van der Waals surface area contributed by atoms with Gasteiger partial charge in [-0.25, -0.2) is 4.79 Å². The fourth-order valence-electron chi connectivity index (χ4n) is 1.04. The molecule has 0 fully saturated rings. The first kappa shape index (κ1) is 8.77. The van der Waals surface area contributed by atoms with E-state index in [-0.39, 0.29) is 12.4 Å². The van der Waals surface area contributed by atoms with Crippen LogP contribution in [0.5, 0.6) is 0 Å². The molecule has 0 radical (unpaired) electrons. The molecule has 0 saturated carbocycles. The number of hydrogen-bond acceptors (Lipinski definition) is 4. The topological polar surface area (TPSA) is 52.6 Å². The summed E-state index contributed by atoms with van der Waals surface area (Å²) in [6.45, 7) is 1.64. The first-order chi connectivity index (χ1) is 5.65. The van der Waals surface area contributed by atoms with Crippen molar-refractivity contribution in [1.82, 2.24) is 0 Å². The van der Waals surface area contributed by atoms with Gasteiger partial charge < -0.3 is 9.47 Å². The Morgan fingerprint density at radius 2 is 2.42 bits per heavy atom. The van der Waals surface area contributed by atoms with E-state index in [1.54, 1.807) is 13.0 Å². The number of hydrogen-bond donors (Lipinski definition) is 0. The molecule has 0 aromatic carbocycles. The van der Waals surface area contributed by atoms with E-state index in [4.69, 9.17) is 4.74 Å². The molecule has 0 N–H and O–H groups in total. The molecule has 1 unspecified atom stereocenters. The summed E-state index contributed by atoms with van der Waals surface area (Å²) in [6.07, 6.45) is 1.20. The van der Waals surface area contributed by atoms with Crippen LogP contribution in [0, 0.1) is 0 Å².